The van der Waals surface area contributed by atoms with Crippen molar-refractivity contribution in [1.82, 2.24) is 15.1 Å². The zero-order valence-corrected chi connectivity index (χ0v) is 14.2. The lowest BCUT2D eigenvalue weighted by Gasteiger charge is -2.27. The van der Waals surface area contributed by atoms with Gasteiger partial charge in [0.15, 0.2) is 5.15 Å². The summed E-state index contributed by atoms with van der Waals surface area (Å²) in [6, 6.07) is 3.64. The van der Waals surface area contributed by atoms with Crippen molar-refractivity contribution in [1.29, 1.82) is 0 Å². The van der Waals surface area contributed by atoms with E-state index >= 15 is 0 Å². The van der Waals surface area contributed by atoms with Gasteiger partial charge in [-0.05, 0) is 63.7 Å². The van der Waals surface area contributed by atoms with Crippen molar-refractivity contribution in [3.05, 3.63) is 17.3 Å². The number of hydrogen-bond donors (Lipinski definition) is 1. The van der Waals surface area contributed by atoms with Gasteiger partial charge in [-0.1, -0.05) is 17.5 Å². The lowest BCUT2D eigenvalue weighted by Crippen LogP contribution is -2.21. The van der Waals surface area contributed by atoms with Crippen LogP contribution in [0.4, 0.5) is 5.82 Å². The van der Waals surface area contributed by atoms with Crippen molar-refractivity contribution in [3.63, 3.8) is 0 Å². The van der Waals surface area contributed by atoms with Crippen molar-refractivity contribution in [2.24, 2.45) is 11.8 Å². The van der Waals surface area contributed by atoms with Crippen molar-refractivity contribution in [3.8, 4) is 11.8 Å². The highest BCUT2D eigenvalue weighted by Gasteiger charge is 2.20. The Hall–Kier alpha value is -1.31. The number of anilines is 1. The monoisotopic (exact) mass is 320 g/mol. The van der Waals surface area contributed by atoms with E-state index in [4.69, 9.17) is 11.6 Å². The minimum absolute atomic E-state index is 0.432. The Morgan fingerprint density at radius 3 is 2.50 bits per heavy atom. The third-order valence-corrected chi connectivity index (χ3v) is 4.28. The Kier molecular flexibility index (Phi) is 6.95. The second-order valence-electron chi connectivity index (χ2n) is 6.30. The van der Waals surface area contributed by atoms with Crippen LogP contribution in [0.3, 0.4) is 0 Å². The fourth-order valence-electron chi connectivity index (χ4n) is 2.73. The average Bonchev–Trinajstić information content (AvgIpc) is 2.52. The maximum absolute atomic E-state index is 5.73. The number of hydrogen-bond acceptors (Lipinski definition) is 4. The van der Waals surface area contributed by atoms with E-state index in [2.05, 4.69) is 46.4 Å². The first-order valence-electron chi connectivity index (χ1n) is 7.97. The zero-order valence-electron chi connectivity index (χ0n) is 13.5. The van der Waals surface area contributed by atoms with E-state index in [1.807, 2.05) is 6.07 Å². The van der Waals surface area contributed by atoms with Gasteiger partial charge in [0.25, 0.3) is 0 Å². The molecule has 1 fully saturated rings. The van der Waals surface area contributed by atoms with Crippen LogP contribution in [-0.2, 0) is 0 Å². The minimum Gasteiger partial charge on any atom is -0.368 e. The standard InChI is InChI=1S/C17H25ClN4/c1-22(2)12-4-3-5-14-6-8-15(9-7-14)13-19-17-11-10-16(18)20-21-17/h10-11,14-15H,5-9,12-13H2,1-2H3,(H,19,21)/t14-,15-. The van der Waals surface area contributed by atoms with E-state index in [1.54, 1.807) is 6.07 Å². The molecule has 2 rings (SSSR count). The SMILES string of the molecule is CN(C)CC#CC[C@H]1CC[C@H](CNc2ccc(Cl)nn2)CC1. The lowest BCUT2D eigenvalue weighted by molar-refractivity contribution is 0.287. The van der Waals surface area contributed by atoms with E-state index in [-0.39, 0.29) is 0 Å². The summed E-state index contributed by atoms with van der Waals surface area (Å²) in [7, 11) is 4.11. The second kappa shape index (κ2) is 8.97. The van der Waals surface area contributed by atoms with Crippen molar-refractivity contribution >= 4 is 17.4 Å². The zero-order chi connectivity index (χ0) is 15.8. The molecule has 5 heteroatoms. The predicted octanol–water partition coefficient (Wildman–Crippen LogP) is 3.30. The molecule has 1 aromatic heterocycles. The Balaban J connectivity index is 1.64. The van der Waals surface area contributed by atoms with Crippen LogP contribution in [0.15, 0.2) is 12.1 Å². The summed E-state index contributed by atoms with van der Waals surface area (Å²) in [5, 5.41) is 11.7. The molecule has 0 bridgehead atoms. The first-order chi connectivity index (χ1) is 10.6. The van der Waals surface area contributed by atoms with Gasteiger partial charge in [0, 0.05) is 13.0 Å². The molecular formula is C17H25ClN4. The van der Waals surface area contributed by atoms with Crippen LogP contribution in [0.2, 0.25) is 5.15 Å². The summed E-state index contributed by atoms with van der Waals surface area (Å²) < 4.78 is 0. The summed E-state index contributed by atoms with van der Waals surface area (Å²) in [6.45, 7) is 1.83. The van der Waals surface area contributed by atoms with E-state index < -0.39 is 0 Å². The van der Waals surface area contributed by atoms with Crippen LogP contribution in [0.5, 0.6) is 0 Å². The molecule has 0 aromatic carbocycles. The smallest absolute Gasteiger partial charge is 0.151 e. The Morgan fingerprint density at radius 1 is 1.14 bits per heavy atom. The van der Waals surface area contributed by atoms with Gasteiger partial charge < -0.3 is 5.32 Å². The van der Waals surface area contributed by atoms with Crippen LogP contribution in [-0.4, -0.2) is 42.3 Å². The van der Waals surface area contributed by atoms with Crippen LogP contribution in [0, 0.1) is 23.7 Å². The van der Waals surface area contributed by atoms with Crippen molar-refractivity contribution < 1.29 is 0 Å². The third-order valence-electron chi connectivity index (χ3n) is 4.08. The average molecular weight is 321 g/mol. The molecule has 1 aliphatic rings. The Morgan fingerprint density at radius 2 is 1.86 bits per heavy atom. The molecule has 1 N–H and O–H groups in total. The molecule has 0 atom stereocenters. The van der Waals surface area contributed by atoms with E-state index in [0.717, 1.165) is 37.2 Å². The highest BCUT2D eigenvalue weighted by molar-refractivity contribution is 6.29. The van der Waals surface area contributed by atoms with Crippen molar-refractivity contribution in [2.75, 3.05) is 32.5 Å². The number of aromatic nitrogens is 2. The van der Waals surface area contributed by atoms with Crippen LogP contribution >= 0.6 is 11.6 Å². The molecule has 0 unspecified atom stereocenters. The van der Waals surface area contributed by atoms with Crippen LogP contribution in [0.25, 0.3) is 0 Å². The molecule has 0 aliphatic heterocycles. The molecule has 0 amide bonds. The fraction of sp³-hybridized carbons (Fsp3) is 0.647. The fourth-order valence-corrected chi connectivity index (χ4v) is 2.83. The molecule has 0 radical (unpaired) electrons. The number of rotatable bonds is 5. The van der Waals surface area contributed by atoms with E-state index in [1.165, 1.54) is 25.7 Å². The van der Waals surface area contributed by atoms with Crippen LogP contribution < -0.4 is 5.32 Å². The highest BCUT2D eigenvalue weighted by Crippen LogP contribution is 2.30. The molecule has 1 aromatic rings. The highest BCUT2D eigenvalue weighted by atomic mass is 35.5. The maximum atomic E-state index is 5.73. The molecular weight excluding hydrogens is 296 g/mol. The Labute approximate surface area is 138 Å². The quantitative estimate of drug-likeness (QED) is 0.845. The van der Waals surface area contributed by atoms with Gasteiger partial charge in [-0.2, -0.15) is 0 Å². The lowest BCUT2D eigenvalue weighted by atomic mass is 9.80. The van der Waals surface area contributed by atoms with Gasteiger partial charge in [-0.25, -0.2) is 0 Å². The molecule has 1 aliphatic carbocycles. The number of nitrogens with zero attached hydrogens (tertiary/aromatic N) is 3. The van der Waals surface area contributed by atoms with Crippen molar-refractivity contribution in [2.45, 2.75) is 32.1 Å². The molecule has 1 heterocycles. The van der Waals surface area contributed by atoms with Crippen LogP contribution in [0.1, 0.15) is 32.1 Å². The first-order valence-corrected chi connectivity index (χ1v) is 8.35. The van der Waals surface area contributed by atoms with Gasteiger partial charge in [-0.3, -0.25) is 4.90 Å². The number of halogens is 1. The third kappa shape index (κ3) is 6.21. The summed E-state index contributed by atoms with van der Waals surface area (Å²) in [5.41, 5.74) is 0. The normalized spacial score (nSPS) is 21.3. The minimum atomic E-state index is 0.432. The molecule has 0 saturated heterocycles. The molecule has 22 heavy (non-hydrogen) atoms. The molecule has 4 nitrogen and oxygen atoms in total. The largest absolute Gasteiger partial charge is 0.368 e. The molecule has 120 valence electrons. The molecule has 1 saturated carbocycles. The predicted molar refractivity (Wildman–Crippen MR) is 91.9 cm³/mol. The summed E-state index contributed by atoms with van der Waals surface area (Å²) in [4.78, 5) is 2.11. The maximum Gasteiger partial charge on any atom is 0.151 e. The van der Waals surface area contributed by atoms with E-state index in [9.17, 15) is 0 Å². The second-order valence-corrected chi connectivity index (χ2v) is 6.69. The topological polar surface area (TPSA) is 41.0 Å². The number of nitrogens with one attached hydrogen (secondary N) is 1. The van der Waals surface area contributed by atoms with Gasteiger partial charge in [0.05, 0.1) is 6.54 Å². The van der Waals surface area contributed by atoms with Gasteiger partial charge in [0.1, 0.15) is 5.82 Å². The van der Waals surface area contributed by atoms with Gasteiger partial charge >= 0.3 is 0 Å². The van der Waals surface area contributed by atoms with Gasteiger partial charge in [-0.15, -0.1) is 16.1 Å². The van der Waals surface area contributed by atoms with E-state index in [0.29, 0.717) is 5.15 Å². The first kappa shape index (κ1) is 17.1. The summed E-state index contributed by atoms with van der Waals surface area (Å²) in [5.74, 6) is 8.87. The Bertz CT molecular complexity index is 496. The molecule has 0 spiro atoms. The van der Waals surface area contributed by atoms with Gasteiger partial charge in [0.2, 0.25) is 0 Å². The summed E-state index contributed by atoms with van der Waals surface area (Å²) in [6.07, 6.45) is 6.17. The summed E-state index contributed by atoms with van der Waals surface area (Å²) >= 11 is 5.73.